The van der Waals surface area contributed by atoms with Crippen molar-refractivity contribution >= 4 is 38.6 Å². The van der Waals surface area contributed by atoms with Gasteiger partial charge in [0.15, 0.2) is 0 Å². The van der Waals surface area contributed by atoms with E-state index in [0.29, 0.717) is 10.1 Å². The topological polar surface area (TPSA) is 86.7 Å². The summed E-state index contributed by atoms with van der Waals surface area (Å²) in [6.45, 7) is 1.24. The van der Waals surface area contributed by atoms with Crippen molar-refractivity contribution in [2.45, 2.75) is 17.7 Å². The fourth-order valence-electron chi connectivity index (χ4n) is 1.68. The minimum absolute atomic E-state index is 0.00826. The average Bonchev–Trinajstić information content (AvgIpc) is 2.37. The Morgan fingerprint density at radius 2 is 2.00 bits per heavy atom. The fourth-order valence-corrected chi connectivity index (χ4v) is 3.34. The first-order chi connectivity index (χ1) is 9.74. The molecule has 0 aliphatic rings. The zero-order valence-corrected chi connectivity index (χ0v) is 14.9. The molecule has 0 fully saturated rings. The van der Waals surface area contributed by atoms with Crippen molar-refractivity contribution in [3.63, 3.8) is 0 Å². The van der Waals surface area contributed by atoms with Gasteiger partial charge in [0.25, 0.3) is 0 Å². The van der Waals surface area contributed by atoms with Crippen LogP contribution in [0.4, 0.5) is 0 Å². The van der Waals surface area contributed by atoms with Gasteiger partial charge in [-0.2, -0.15) is 0 Å². The molecule has 0 radical (unpaired) electrons. The number of carboxylic acid groups (broad SMARTS) is 1. The van der Waals surface area contributed by atoms with Crippen molar-refractivity contribution in [1.29, 1.82) is 0 Å². The number of nitrogens with zero attached hydrogens (tertiary/aromatic N) is 1. The first-order valence-corrected chi connectivity index (χ1v) is 8.97. The van der Waals surface area contributed by atoms with Gasteiger partial charge in [-0.15, -0.1) is 0 Å². The summed E-state index contributed by atoms with van der Waals surface area (Å²) in [5, 5.41) is 9.03. The van der Waals surface area contributed by atoms with Crippen LogP contribution in [0, 0.1) is 3.57 Å². The van der Waals surface area contributed by atoms with Crippen molar-refractivity contribution in [2.24, 2.45) is 0 Å². The third-order valence-electron chi connectivity index (χ3n) is 2.80. The third-order valence-corrected chi connectivity index (χ3v) is 5.20. The molecule has 1 aromatic carbocycles. The third kappa shape index (κ3) is 5.89. The fraction of sp³-hybridized carbons (Fsp3) is 0.462. The Morgan fingerprint density at radius 3 is 2.57 bits per heavy atom. The van der Waals surface area contributed by atoms with E-state index in [1.54, 1.807) is 0 Å². The number of hydrogen-bond acceptors (Lipinski definition) is 4. The van der Waals surface area contributed by atoms with Crippen molar-refractivity contribution in [1.82, 2.24) is 9.62 Å². The summed E-state index contributed by atoms with van der Waals surface area (Å²) in [6, 6.07) is 4.09. The van der Waals surface area contributed by atoms with E-state index in [1.165, 1.54) is 18.2 Å². The summed E-state index contributed by atoms with van der Waals surface area (Å²) in [6.07, 6.45) is 1.62. The summed E-state index contributed by atoms with van der Waals surface area (Å²) in [7, 11) is 0.259. The maximum Gasteiger partial charge on any atom is 0.336 e. The molecular weight excluding hydrogens is 407 g/mol. The van der Waals surface area contributed by atoms with Gasteiger partial charge in [-0.25, -0.2) is 17.9 Å². The Kier molecular flexibility index (Phi) is 7.04. The molecule has 2 N–H and O–H groups in total. The molecule has 0 aromatic heterocycles. The summed E-state index contributed by atoms with van der Waals surface area (Å²) >= 11 is 1.87. The molecular formula is C13H19IN2O4S. The quantitative estimate of drug-likeness (QED) is 0.487. The Labute approximate surface area is 138 Å². The maximum absolute atomic E-state index is 12.1. The molecule has 0 heterocycles. The second-order valence-electron chi connectivity index (χ2n) is 4.85. The zero-order chi connectivity index (χ0) is 16.0. The van der Waals surface area contributed by atoms with E-state index in [1.807, 2.05) is 41.6 Å². The zero-order valence-electron chi connectivity index (χ0n) is 12.0. The van der Waals surface area contributed by atoms with Crippen molar-refractivity contribution in [3.05, 3.63) is 27.3 Å². The number of rotatable bonds is 8. The number of unbranched alkanes of at least 4 members (excludes halogenated alkanes) is 1. The van der Waals surface area contributed by atoms with E-state index in [9.17, 15) is 13.2 Å². The Hall–Kier alpha value is -0.710. The lowest BCUT2D eigenvalue weighted by atomic mass is 10.2. The van der Waals surface area contributed by atoms with Crippen LogP contribution >= 0.6 is 22.6 Å². The van der Waals surface area contributed by atoms with Crippen LogP contribution in [0.25, 0.3) is 0 Å². The Balaban J connectivity index is 2.70. The molecule has 8 heteroatoms. The monoisotopic (exact) mass is 426 g/mol. The van der Waals surface area contributed by atoms with Crippen LogP contribution in [0.5, 0.6) is 0 Å². The molecule has 0 aliphatic carbocycles. The molecule has 0 atom stereocenters. The van der Waals surface area contributed by atoms with Crippen LogP contribution in [0.1, 0.15) is 23.2 Å². The highest BCUT2D eigenvalue weighted by atomic mass is 127. The second-order valence-corrected chi connectivity index (χ2v) is 7.78. The minimum atomic E-state index is -3.66. The lowest BCUT2D eigenvalue weighted by Gasteiger charge is -2.10. The predicted octanol–water partition coefficient (Wildman–Crippen LogP) is 1.61. The predicted molar refractivity (Wildman–Crippen MR) is 89.1 cm³/mol. The van der Waals surface area contributed by atoms with E-state index in [4.69, 9.17) is 5.11 Å². The molecule has 6 nitrogen and oxygen atoms in total. The largest absolute Gasteiger partial charge is 0.478 e. The minimum Gasteiger partial charge on any atom is -0.478 e. The van der Waals surface area contributed by atoms with Gasteiger partial charge in [0.05, 0.1) is 10.5 Å². The standard InChI is InChI=1S/C13H19IN2O4S/c1-16(2)8-4-3-7-15-21(19,20)10-5-6-12(14)11(9-10)13(17)18/h5-6,9,15H,3-4,7-8H2,1-2H3,(H,17,18). The second kappa shape index (κ2) is 8.06. The summed E-state index contributed by atoms with van der Waals surface area (Å²) in [4.78, 5) is 13.1. The number of aromatic carboxylic acids is 1. The highest BCUT2D eigenvalue weighted by Crippen LogP contribution is 2.18. The molecule has 0 aliphatic heterocycles. The first-order valence-electron chi connectivity index (χ1n) is 6.41. The van der Waals surface area contributed by atoms with Gasteiger partial charge in [-0.3, -0.25) is 0 Å². The molecule has 1 aromatic rings. The highest BCUT2D eigenvalue weighted by Gasteiger charge is 2.17. The van der Waals surface area contributed by atoms with Gasteiger partial charge in [0.2, 0.25) is 10.0 Å². The number of hydrogen-bond donors (Lipinski definition) is 2. The molecule has 0 saturated carbocycles. The Morgan fingerprint density at radius 1 is 1.33 bits per heavy atom. The van der Waals surface area contributed by atoms with Crippen LogP contribution in [0.2, 0.25) is 0 Å². The summed E-state index contributed by atoms with van der Waals surface area (Å²) < 4.78 is 27.2. The lowest BCUT2D eigenvalue weighted by molar-refractivity contribution is 0.0695. The van der Waals surface area contributed by atoms with E-state index in [2.05, 4.69) is 4.72 Å². The smallest absolute Gasteiger partial charge is 0.336 e. The van der Waals surface area contributed by atoms with E-state index >= 15 is 0 Å². The highest BCUT2D eigenvalue weighted by molar-refractivity contribution is 14.1. The maximum atomic E-state index is 12.1. The van der Waals surface area contributed by atoms with Gasteiger partial charge in [0, 0.05) is 10.1 Å². The molecule has 1 rings (SSSR count). The van der Waals surface area contributed by atoms with Crippen molar-refractivity contribution in [3.8, 4) is 0 Å². The van der Waals surface area contributed by atoms with Crippen molar-refractivity contribution < 1.29 is 18.3 Å². The van der Waals surface area contributed by atoms with Gasteiger partial charge in [0.1, 0.15) is 0 Å². The van der Waals surface area contributed by atoms with Crippen LogP contribution in [-0.2, 0) is 10.0 Å². The average molecular weight is 426 g/mol. The van der Waals surface area contributed by atoms with Gasteiger partial charge in [-0.1, -0.05) is 0 Å². The summed E-state index contributed by atoms with van der Waals surface area (Å²) in [5.74, 6) is -1.14. The van der Waals surface area contributed by atoms with Crippen LogP contribution in [0.15, 0.2) is 23.1 Å². The van der Waals surface area contributed by atoms with Crippen LogP contribution < -0.4 is 4.72 Å². The van der Waals surface area contributed by atoms with Crippen LogP contribution in [0.3, 0.4) is 0 Å². The number of benzene rings is 1. The number of carbonyl (C=O) groups is 1. The molecule has 21 heavy (non-hydrogen) atoms. The van der Waals surface area contributed by atoms with Gasteiger partial charge < -0.3 is 10.0 Å². The van der Waals surface area contributed by atoms with Crippen molar-refractivity contribution in [2.75, 3.05) is 27.2 Å². The van der Waals surface area contributed by atoms with Gasteiger partial charge >= 0.3 is 5.97 Å². The Bertz CT molecular complexity index is 602. The number of carboxylic acids is 1. The number of sulfonamides is 1. The SMILES string of the molecule is CN(C)CCCCNS(=O)(=O)c1ccc(I)c(C(=O)O)c1. The van der Waals surface area contributed by atoms with Gasteiger partial charge in [-0.05, 0) is 74.3 Å². The summed E-state index contributed by atoms with van der Waals surface area (Å²) in [5.41, 5.74) is -0.00826. The molecule has 0 spiro atoms. The molecule has 0 bridgehead atoms. The first kappa shape index (κ1) is 18.3. The number of halogens is 1. The van der Waals surface area contributed by atoms with E-state index in [-0.39, 0.29) is 10.5 Å². The van der Waals surface area contributed by atoms with Crippen LogP contribution in [-0.4, -0.2) is 51.6 Å². The molecule has 0 amide bonds. The molecule has 118 valence electrons. The normalized spacial score (nSPS) is 11.8. The van der Waals surface area contributed by atoms with E-state index < -0.39 is 16.0 Å². The number of nitrogens with one attached hydrogen (secondary N) is 1. The molecule has 0 saturated heterocycles. The lowest BCUT2D eigenvalue weighted by Crippen LogP contribution is -2.26. The molecule has 0 unspecified atom stereocenters. The van der Waals surface area contributed by atoms with E-state index in [0.717, 1.165) is 19.4 Å².